The quantitative estimate of drug-likeness (QED) is 0.398. The van der Waals surface area contributed by atoms with Gasteiger partial charge in [0, 0.05) is 29.1 Å². The zero-order valence-corrected chi connectivity index (χ0v) is 17.3. The molecule has 138 valence electrons. The summed E-state index contributed by atoms with van der Waals surface area (Å²) in [5, 5.41) is 1.37. The van der Waals surface area contributed by atoms with Crippen molar-refractivity contribution in [2.24, 2.45) is 0 Å². The number of anilines is 1. The highest BCUT2D eigenvalue weighted by Crippen LogP contribution is 2.30. The number of pyridine rings is 1. The monoisotopic (exact) mass is 408 g/mol. The van der Waals surface area contributed by atoms with Gasteiger partial charge < -0.3 is 10.3 Å². The molecular formula is C19H22Cl2N4S. The molecule has 7 heteroatoms. The van der Waals surface area contributed by atoms with Crippen LogP contribution in [0.2, 0.25) is 10.0 Å². The van der Waals surface area contributed by atoms with Crippen LogP contribution in [0.1, 0.15) is 31.2 Å². The molecule has 0 radical (unpaired) electrons. The van der Waals surface area contributed by atoms with Gasteiger partial charge >= 0.3 is 0 Å². The van der Waals surface area contributed by atoms with Crippen molar-refractivity contribution in [2.75, 3.05) is 11.5 Å². The number of rotatable bonds is 7. The first-order valence-electron chi connectivity index (χ1n) is 8.69. The first kappa shape index (κ1) is 19.3. The molecule has 0 saturated heterocycles. The second-order valence-corrected chi connectivity index (χ2v) is 8.21. The minimum Gasteiger partial charge on any atom is -0.382 e. The van der Waals surface area contributed by atoms with Crippen LogP contribution in [0.4, 0.5) is 5.82 Å². The number of nitrogen functional groups attached to an aromatic ring is 1. The van der Waals surface area contributed by atoms with Crippen molar-refractivity contribution in [3.05, 3.63) is 45.8 Å². The number of nitrogens with two attached hydrogens (primary N) is 1. The molecule has 0 spiro atoms. The van der Waals surface area contributed by atoms with Gasteiger partial charge in [-0.05, 0) is 49.3 Å². The van der Waals surface area contributed by atoms with E-state index in [1.165, 1.54) is 0 Å². The molecule has 2 aromatic heterocycles. The fourth-order valence-corrected chi connectivity index (χ4v) is 4.45. The molecule has 0 aliphatic heterocycles. The Bertz CT molecular complexity index is 924. The van der Waals surface area contributed by atoms with Crippen LogP contribution >= 0.6 is 35.0 Å². The molecule has 0 aliphatic rings. The number of halogens is 2. The van der Waals surface area contributed by atoms with Crippen LogP contribution < -0.4 is 5.73 Å². The Kier molecular flexibility index (Phi) is 6.33. The fraction of sp³-hybridized carbons (Fsp3) is 0.368. The number of benzene rings is 1. The summed E-state index contributed by atoms with van der Waals surface area (Å²) in [4.78, 5) is 10.1. The number of aryl methyl sites for hydroxylation is 3. The van der Waals surface area contributed by atoms with Crippen LogP contribution in [0.3, 0.4) is 0 Å². The molecule has 0 bridgehead atoms. The van der Waals surface area contributed by atoms with Gasteiger partial charge in [0.15, 0.2) is 5.82 Å². The maximum Gasteiger partial charge on any atom is 0.151 e. The van der Waals surface area contributed by atoms with E-state index in [0.717, 1.165) is 58.9 Å². The van der Waals surface area contributed by atoms with Crippen molar-refractivity contribution in [3.63, 3.8) is 0 Å². The summed E-state index contributed by atoms with van der Waals surface area (Å²) in [7, 11) is 0. The summed E-state index contributed by atoms with van der Waals surface area (Å²) >= 11 is 14.0. The minimum atomic E-state index is 0.504. The summed E-state index contributed by atoms with van der Waals surface area (Å²) in [6, 6.07) is 5.63. The summed E-state index contributed by atoms with van der Waals surface area (Å²) in [5.74, 6) is 2.55. The second-order valence-electron chi connectivity index (χ2n) is 6.23. The predicted molar refractivity (Wildman–Crippen MR) is 112 cm³/mol. The van der Waals surface area contributed by atoms with Crippen molar-refractivity contribution < 1.29 is 0 Å². The Hall–Kier alpha value is -1.43. The Labute approximate surface area is 168 Å². The summed E-state index contributed by atoms with van der Waals surface area (Å²) in [6.45, 7) is 5.12. The van der Waals surface area contributed by atoms with Crippen LogP contribution in [-0.2, 0) is 13.0 Å². The number of nitrogens with zero attached hydrogens (tertiary/aromatic N) is 3. The maximum atomic E-state index is 6.25. The highest BCUT2D eigenvalue weighted by molar-refractivity contribution is 7.99. The van der Waals surface area contributed by atoms with Crippen molar-refractivity contribution in [2.45, 2.75) is 44.6 Å². The molecule has 1 aromatic carbocycles. The standard InChI is InChI=1S/C19H22Cl2N4S/c1-3-5-16-24-17-18(12(2)11-23-19(17)22)25(16)8-4-9-26-15-7-6-13(20)10-14(15)21/h6-7,10-11H,3-5,8-9H2,1-2H3,(H2,22,23). The number of hydrogen-bond donors (Lipinski definition) is 1. The van der Waals surface area contributed by atoms with Crippen LogP contribution in [0, 0.1) is 6.92 Å². The predicted octanol–water partition coefficient (Wildman–Crippen LogP) is 5.76. The van der Waals surface area contributed by atoms with Gasteiger partial charge in [0.25, 0.3) is 0 Å². The van der Waals surface area contributed by atoms with Gasteiger partial charge in [0.1, 0.15) is 11.3 Å². The van der Waals surface area contributed by atoms with E-state index in [4.69, 9.17) is 33.9 Å². The normalized spacial score (nSPS) is 11.4. The molecule has 0 amide bonds. The van der Waals surface area contributed by atoms with E-state index in [1.54, 1.807) is 17.8 Å². The van der Waals surface area contributed by atoms with Crippen LogP contribution in [0.25, 0.3) is 11.0 Å². The second kappa shape index (κ2) is 8.51. The molecule has 2 N–H and O–H groups in total. The molecule has 0 saturated carbocycles. The van der Waals surface area contributed by atoms with E-state index in [1.807, 2.05) is 18.3 Å². The third-order valence-corrected chi connectivity index (χ3v) is 6.03. The molecule has 4 nitrogen and oxygen atoms in total. The van der Waals surface area contributed by atoms with E-state index in [0.29, 0.717) is 15.9 Å². The molecule has 3 aromatic rings. The fourth-order valence-electron chi connectivity index (χ4n) is 3.02. The van der Waals surface area contributed by atoms with Crippen molar-refractivity contribution in [1.29, 1.82) is 0 Å². The maximum absolute atomic E-state index is 6.25. The molecule has 0 aliphatic carbocycles. The van der Waals surface area contributed by atoms with Crippen molar-refractivity contribution in [1.82, 2.24) is 14.5 Å². The molecular weight excluding hydrogens is 387 g/mol. The highest BCUT2D eigenvalue weighted by atomic mass is 35.5. The SMILES string of the molecule is CCCc1nc2c(N)ncc(C)c2n1CCCSc1ccc(Cl)cc1Cl. The van der Waals surface area contributed by atoms with Gasteiger partial charge in [-0.3, -0.25) is 0 Å². The lowest BCUT2D eigenvalue weighted by atomic mass is 10.2. The summed E-state index contributed by atoms with van der Waals surface area (Å²) < 4.78 is 2.30. The smallest absolute Gasteiger partial charge is 0.151 e. The summed E-state index contributed by atoms with van der Waals surface area (Å²) in [5.41, 5.74) is 9.08. The van der Waals surface area contributed by atoms with Gasteiger partial charge in [-0.15, -0.1) is 11.8 Å². The Morgan fingerprint density at radius 3 is 2.81 bits per heavy atom. The third kappa shape index (κ3) is 4.11. The first-order chi connectivity index (χ1) is 12.5. The summed E-state index contributed by atoms with van der Waals surface area (Å²) in [6.07, 6.45) is 4.82. The zero-order chi connectivity index (χ0) is 18.7. The van der Waals surface area contributed by atoms with E-state index < -0.39 is 0 Å². The zero-order valence-electron chi connectivity index (χ0n) is 14.9. The number of thioether (sulfide) groups is 1. The molecule has 2 heterocycles. The number of hydrogen-bond acceptors (Lipinski definition) is 4. The van der Waals surface area contributed by atoms with Gasteiger partial charge in [-0.1, -0.05) is 30.1 Å². The number of fused-ring (bicyclic) bond motifs is 1. The first-order valence-corrected chi connectivity index (χ1v) is 10.4. The number of imidazole rings is 1. The van der Waals surface area contributed by atoms with E-state index in [9.17, 15) is 0 Å². The van der Waals surface area contributed by atoms with Gasteiger partial charge in [-0.25, -0.2) is 9.97 Å². The minimum absolute atomic E-state index is 0.504. The lowest BCUT2D eigenvalue weighted by molar-refractivity contribution is 0.649. The lowest BCUT2D eigenvalue weighted by Crippen LogP contribution is -2.06. The van der Waals surface area contributed by atoms with Gasteiger partial charge in [0.05, 0.1) is 10.5 Å². The Morgan fingerprint density at radius 1 is 1.27 bits per heavy atom. The van der Waals surface area contributed by atoms with E-state index >= 15 is 0 Å². The van der Waals surface area contributed by atoms with Crippen LogP contribution in [-0.4, -0.2) is 20.3 Å². The molecule has 0 unspecified atom stereocenters. The highest BCUT2D eigenvalue weighted by Gasteiger charge is 2.15. The molecule has 0 fully saturated rings. The molecule has 3 rings (SSSR count). The molecule has 0 atom stereocenters. The van der Waals surface area contributed by atoms with E-state index in [2.05, 4.69) is 23.4 Å². The Morgan fingerprint density at radius 2 is 2.08 bits per heavy atom. The lowest BCUT2D eigenvalue weighted by Gasteiger charge is -2.11. The topological polar surface area (TPSA) is 56.7 Å². The Balaban J connectivity index is 1.75. The third-order valence-electron chi connectivity index (χ3n) is 4.21. The van der Waals surface area contributed by atoms with Crippen LogP contribution in [0.5, 0.6) is 0 Å². The van der Waals surface area contributed by atoms with Gasteiger partial charge in [0.2, 0.25) is 0 Å². The average molecular weight is 409 g/mol. The van der Waals surface area contributed by atoms with E-state index in [-0.39, 0.29) is 0 Å². The van der Waals surface area contributed by atoms with Crippen LogP contribution in [0.15, 0.2) is 29.3 Å². The van der Waals surface area contributed by atoms with Gasteiger partial charge in [-0.2, -0.15) is 0 Å². The largest absolute Gasteiger partial charge is 0.382 e. The molecule has 26 heavy (non-hydrogen) atoms. The van der Waals surface area contributed by atoms with Crippen molar-refractivity contribution in [3.8, 4) is 0 Å². The average Bonchev–Trinajstić information content (AvgIpc) is 2.97. The van der Waals surface area contributed by atoms with Crippen molar-refractivity contribution >= 4 is 51.8 Å². The number of aromatic nitrogens is 3.